The van der Waals surface area contributed by atoms with Gasteiger partial charge in [0, 0.05) is 12.1 Å². The molecule has 0 heterocycles. The highest BCUT2D eigenvalue weighted by Gasteiger charge is 2.26. The van der Waals surface area contributed by atoms with E-state index >= 15 is 0 Å². The van der Waals surface area contributed by atoms with Crippen LogP contribution in [0.15, 0.2) is 24.3 Å². The molecule has 2 atom stereocenters. The highest BCUT2D eigenvalue weighted by molar-refractivity contribution is 5.81. The number of carbonyl (C=O) groups excluding carboxylic acids is 1. The summed E-state index contributed by atoms with van der Waals surface area (Å²) < 4.78 is 0. The molecule has 98 valence electrons. The van der Waals surface area contributed by atoms with Crippen molar-refractivity contribution in [1.82, 2.24) is 10.6 Å². The summed E-state index contributed by atoms with van der Waals surface area (Å²) in [5, 5.41) is 6.38. The van der Waals surface area contributed by atoms with Crippen molar-refractivity contribution in [1.29, 1.82) is 0 Å². The molecule has 1 amide bonds. The first kappa shape index (κ1) is 13.1. The van der Waals surface area contributed by atoms with E-state index < -0.39 is 0 Å². The molecule has 3 heteroatoms. The number of hydrogen-bond acceptors (Lipinski definition) is 2. The second-order valence-electron chi connectivity index (χ2n) is 5.25. The van der Waals surface area contributed by atoms with Gasteiger partial charge < -0.3 is 5.32 Å². The first-order chi connectivity index (χ1) is 8.58. The fourth-order valence-corrected chi connectivity index (χ4v) is 2.17. The minimum Gasteiger partial charge on any atom is -0.352 e. The molecule has 1 fully saturated rings. The molecule has 1 aromatic carbocycles. The van der Waals surface area contributed by atoms with E-state index in [1.54, 1.807) is 0 Å². The second kappa shape index (κ2) is 5.53. The fraction of sp³-hybridized carbons (Fsp3) is 0.533. The third-order valence-corrected chi connectivity index (χ3v) is 3.47. The van der Waals surface area contributed by atoms with Crippen LogP contribution in [0.25, 0.3) is 0 Å². The van der Waals surface area contributed by atoms with Crippen molar-refractivity contribution in [3.05, 3.63) is 35.4 Å². The molecular formula is C15H22N2O. The third-order valence-electron chi connectivity index (χ3n) is 3.47. The van der Waals surface area contributed by atoms with Gasteiger partial charge in [-0.2, -0.15) is 0 Å². The second-order valence-corrected chi connectivity index (χ2v) is 5.25. The Kier molecular flexibility index (Phi) is 4.02. The van der Waals surface area contributed by atoms with E-state index in [1.165, 1.54) is 11.1 Å². The van der Waals surface area contributed by atoms with Crippen molar-refractivity contribution in [2.24, 2.45) is 0 Å². The Bertz CT molecular complexity index is 426. The van der Waals surface area contributed by atoms with Gasteiger partial charge in [0.15, 0.2) is 0 Å². The molecule has 0 bridgehead atoms. The van der Waals surface area contributed by atoms with Gasteiger partial charge >= 0.3 is 0 Å². The van der Waals surface area contributed by atoms with Gasteiger partial charge in [0.1, 0.15) is 0 Å². The van der Waals surface area contributed by atoms with Crippen LogP contribution in [-0.4, -0.2) is 18.0 Å². The SMILES string of the molecule is Cc1ccccc1C(C)NC(C)C(=O)NC1CC1. The number of rotatable bonds is 5. The van der Waals surface area contributed by atoms with E-state index in [1.807, 2.05) is 19.1 Å². The molecule has 1 aliphatic rings. The van der Waals surface area contributed by atoms with E-state index in [9.17, 15) is 4.79 Å². The molecule has 1 aromatic rings. The lowest BCUT2D eigenvalue weighted by Gasteiger charge is -2.21. The average Bonchev–Trinajstić information content (AvgIpc) is 3.13. The molecule has 0 aliphatic heterocycles. The predicted octanol–water partition coefficient (Wildman–Crippen LogP) is 2.31. The summed E-state index contributed by atoms with van der Waals surface area (Å²) in [7, 11) is 0. The van der Waals surface area contributed by atoms with Crippen molar-refractivity contribution in [2.45, 2.75) is 51.7 Å². The maximum absolute atomic E-state index is 11.9. The third kappa shape index (κ3) is 3.33. The lowest BCUT2D eigenvalue weighted by Crippen LogP contribution is -2.43. The van der Waals surface area contributed by atoms with Gasteiger partial charge in [-0.25, -0.2) is 0 Å². The zero-order valence-corrected chi connectivity index (χ0v) is 11.4. The average molecular weight is 246 g/mol. The van der Waals surface area contributed by atoms with Crippen LogP contribution in [0.2, 0.25) is 0 Å². The van der Waals surface area contributed by atoms with Crippen molar-refractivity contribution in [3.8, 4) is 0 Å². The van der Waals surface area contributed by atoms with Crippen LogP contribution in [-0.2, 0) is 4.79 Å². The Morgan fingerprint density at radius 1 is 1.28 bits per heavy atom. The minimum absolute atomic E-state index is 0.109. The van der Waals surface area contributed by atoms with Gasteiger partial charge in [-0.3, -0.25) is 10.1 Å². The van der Waals surface area contributed by atoms with Crippen LogP contribution in [0.3, 0.4) is 0 Å². The molecule has 2 N–H and O–H groups in total. The zero-order chi connectivity index (χ0) is 13.1. The molecule has 0 aromatic heterocycles. The van der Waals surface area contributed by atoms with Crippen molar-refractivity contribution in [3.63, 3.8) is 0 Å². The number of nitrogens with one attached hydrogen (secondary N) is 2. The highest BCUT2D eigenvalue weighted by atomic mass is 16.2. The summed E-state index contributed by atoms with van der Waals surface area (Å²) in [5.41, 5.74) is 2.51. The first-order valence-corrected chi connectivity index (χ1v) is 6.70. The number of carbonyl (C=O) groups is 1. The Morgan fingerprint density at radius 3 is 2.56 bits per heavy atom. The van der Waals surface area contributed by atoms with Gasteiger partial charge in [-0.05, 0) is 44.7 Å². The van der Waals surface area contributed by atoms with Crippen molar-refractivity contribution < 1.29 is 4.79 Å². The van der Waals surface area contributed by atoms with E-state index in [-0.39, 0.29) is 18.0 Å². The van der Waals surface area contributed by atoms with Crippen LogP contribution in [0.5, 0.6) is 0 Å². The van der Waals surface area contributed by atoms with E-state index in [4.69, 9.17) is 0 Å². The summed E-state index contributed by atoms with van der Waals surface area (Å²) in [6.07, 6.45) is 2.26. The molecule has 3 nitrogen and oxygen atoms in total. The Hall–Kier alpha value is -1.35. The predicted molar refractivity (Wildman–Crippen MR) is 73.4 cm³/mol. The number of aryl methyl sites for hydroxylation is 1. The van der Waals surface area contributed by atoms with Crippen LogP contribution in [0.4, 0.5) is 0 Å². The van der Waals surface area contributed by atoms with Crippen molar-refractivity contribution in [2.75, 3.05) is 0 Å². The summed E-state index contributed by atoms with van der Waals surface area (Å²) in [5.74, 6) is 0.109. The summed E-state index contributed by atoms with van der Waals surface area (Å²) in [6, 6.07) is 8.74. The summed E-state index contributed by atoms with van der Waals surface area (Å²) >= 11 is 0. The molecule has 18 heavy (non-hydrogen) atoms. The lowest BCUT2D eigenvalue weighted by atomic mass is 10.0. The maximum atomic E-state index is 11.9. The minimum atomic E-state index is -0.153. The molecule has 0 spiro atoms. The van der Waals surface area contributed by atoms with Crippen LogP contribution >= 0.6 is 0 Å². The van der Waals surface area contributed by atoms with E-state index in [2.05, 4.69) is 36.6 Å². The van der Waals surface area contributed by atoms with Crippen molar-refractivity contribution >= 4 is 5.91 Å². The maximum Gasteiger partial charge on any atom is 0.237 e. The molecule has 0 radical (unpaired) electrons. The summed E-state index contributed by atoms with van der Waals surface area (Å²) in [6.45, 7) is 6.12. The fourth-order valence-electron chi connectivity index (χ4n) is 2.17. The summed E-state index contributed by atoms with van der Waals surface area (Å²) in [4.78, 5) is 11.9. The highest BCUT2D eigenvalue weighted by Crippen LogP contribution is 2.20. The largest absolute Gasteiger partial charge is 0.352 e. The Morgan fingerprint density at radius 2 is 1.94 bits per heavy atom. The number of hydrogen-bond donors (Lipinski definition) is 2. The molecule has 2 unspecified atom stereocenters. The van der Waals surface area contributed by atoms with Crippen LogP contribution < -0.4 is 10.6 Å². The lowest BCUT2D eigenvalue weighted by molar-refractivity contribution is -0.123. The van der Waals surface area contributed by atoms with Gasteiger partial charge in [0.2, 0.25) is 5.91 Å². The Balaban J connectivity index is 1.91. The monoisotopic (exact) mass is 246 g/mol. The molecule has 1 saturated carbocycles. The smallest absolute Gasteiger partial charge is 0.237 e. The van der Waals surface area contributed by atoms with Gasteiger partial charge in [-0.1, -0.05) is 24.3 Å². The first-order valence-electron chi connectivity index (χ1n) is 6.70. The Labute approximate surface area is 109 Å². The molecule has 1 aliphatic carbocycles. The van der Waals surface area contributed by atoms with E-state index in [0.29, 0.717) is 6.04 Å². The topological polar surface area (TPSA) is 41.1 Å². The van der Waals surface area contributed by atoms with E-state index in [0.717, 1.165) is 12.8 Å². The number of amides is 1. The molecular weight excluding hydrogens is 224 g/mol. The van der Waals surface area contributed by atoms with Gasteiger partial charge in [0.25, 0.3) is 0 Å². The van der Waals surface area contributed by atoms with Gasteiger partial charge in [-0.15, -0.1) is 0 Å². The van der Waals surface area contributed by atoms with Gasteiger partial charge in [0.05, 0.1) is 6.04 Å². The number of benzene rings is 1. The normalized spacial score (nSPS) is 18.2. The van der Waals surface area contributed by atoms with Crippen LogP contribution in [0, 0.1) is 6.92 Å². The molecule has 0 saturated heterocycles. The zero-order valence-electron chi connectivity index (χ0n) is 11.4. The quantitative estimate of drug-likeness (QED) is 0.837. The molecule has 2 rings (SSSR count). The van der Waals surface area contributed by atoms with Crippen LogP contribution in [0.1, 0.15) is 43.9 Å². The standard InChI is InChI=1S/C15H22N2O/c1-10-6-4-5-7-14(10)11(2)16-12(3)15(18)17-13-8-9-13/h4-7,11-13,16H,8-9H2,1-3H3,(H,17,18).